The zero-order valence-electron chi connectivity index (χ0n) is 18.6. The summed E-state index contributed by atoms with van der Waals surface area (Å²) in [6, 6.07) is 5.30. The first-order chi connectivity index (χ1) is 14.5. The fourth-order valence-corrected chi connectivity index (χ4v) is 5.34. The van der Waals surface area contributed by atoms with E-state index in [4.69, 9.17) is 0 Å². The molecule has 6 nitrogen and oxygen atoms in total. The van der Waals surface area contributed by atoms with Gasteiger partial charge in [-0.1, -0.05) is 32.9 Å². The number of likely N-dealkylation sites (tertiary alicyclic amines) is 1. The fraction of sp³-hybridized carbons (Fsp3) is 0.522. The van der Waals surface area contributed by atoms with Gasteiger partial charge in [0.2, 0.25) is 0 Å². The fourth-order valence-electron chi connectivity index (χ4n) is 4.42. The molecule has 2 aromatic rings. The predicted molar refractivity (Wildman–Crippen MR) is 120 cm³/mol. The third-order valence-electron chi connectivity index (χ3n) is 5.83. The van der Waals surface area contributed by atoms with Crippen molar-refractivity contribution in [2.45, 2.75) is 72.0 Å². The quantitative estimate of drug-likeness (QED) is 0.664. The summed E-state index contributed by atoms with van der Waals surface area (Å²) in [5.74, 6) is -0.544. The minimum Gasteiger partial charge on any atom is -0.465 e. The van der Waals surface area contributed by atoms with Crippen molar-refractivity contribution < 1.29 is 19.1 Å². The first kappa shape index (κ1) is 23.2. The molecule has 3 unspecified atom stereocenters. The Morgan fingerprint density at radius 2 is 1.90 bits per heavy atom. The SMILES string of the molecule is Cc1nc(C(=O)N2C(C)CCCC2C(NC(=O)O)C(C)(C)C)c(-c2ccc(F)cc2)s1. The molecule has 2 N–H and O–H groups in total. The smallest absolute Gasteiger partial charge is 0.404 e. The summed E-state index contributed by atoms with van der Waals surface area (Å²) in [5.41, 5.74) is 0.708. The van der Waals surface area contributed by atoms with Crippen LogP contribution in [0.4, 0.5) is 9.18 Å². The molecule has 1 saturated heterocycles. The maximum atomic E-state index is 13.8. The largest absolute Gasteiger partial charge is 0.465 e. The highest BCUT2D eigenvalue weighted by Gasteiger charge is 2.43. The van der Waals surface area contributed by atoms with Gasteiger partial charge >= 0.3 is 6.09 Å². The first-order valence-corrected chi connectivity index (χ1v) is 11.4. The summed E-state index contributed by atoms with van der Waals surface area (Å²) in [6.45, 7) is 9.78. The summed E-state index contributed by atoms with van der Waals surface area (Å²) >= 11 is 1.40. The standard InChI is InChI=1S/C23H30FN3O3S/c1-13-7-6-8-17(20(23(3,4)5)26-22(29)30)27(13)21(28)18-19(31-14(2)25-18)15-9-11-16(24)12-10-15/h9-13,17,20,26H,6-8H2,1-5H3,(H,29,30). The number of rotatable bonds is 4. The van der Waals surface area contributed by atoms with E-state index in [2.05, 4.69) is 10.3 Å². The Labute approximate surface area is 186 Å². The van der Waals surface area contributed by atoms with Gasteiger partial charge in [-0.05, 0) is 56.2 Å². The molecular weight excluding hydrogens is 417 g/mol. The van der Waals surface area contributed by atoms with Crippen molar-refractivity contribution in [1.29, 1.82) is 0 Å². The molecule has 1 aromatic carbocycles. The second-order valence-electron chi connectivity index (χ2n) is 9.27. The van der Waals surface area contributed by atoms with E-state index in [0.29, 0.717) is 17.0 Å². The molecule has 3 rings (SSSR count). The van der Waals surface area contributed by atoms with Crippen molar-refractivity contribution in [2.24, 2.45) is 5.41 Å². The molecule has 2 amide bonds. The molecule has 0 spiro atoms. The Morgan fingerprint density at radius 1 is 1.26 bits per heavy atom. The van der Waals surface area contributed by atoms with E-state index < -0.39 is 12.1 Å². The second-order valence-corrected chi connectivity index (χ2v) is 10.5. The maximum Gasteiger partial charge on any atom is 0.404 e. The number of carboxylic acid groups (broad SMARTS) is 1. The van der Waals surface area contributed by atoms with Crippen molar-refractivity contribution in [3.8, 4) is 10.4 Å². The van der Waals surface area contributed by atoms with Crippen molar-refractivity contribution in [3.63, 3.8) is 0 Å². The van der Waals surface area contributed by atoms with Gasteiger partial charge in [0, 0.05) is 6.04 Å². The van der Waals surface area contributed by atoms with Crippen LogP contribution in [0.15, 0.2) is 24.3 Å². The summed E-state index contributed by atoms with van der Waals surface area (Å²) in [4.78, 5) is 32.4. The monoisotopic (exact) mass is 447 g/mol. The average molecular weight is 448 g/mol. The molecule has 1 fully saturated rings. The van der Waals surface area contributed by atoms with Crippen LogP contribution < -0.4 is 5.32 Å². The summed E-state index contributed by atoms with van der Waals surface area (Å²) < 4.78 is 13.4. The van der Waals surface area contributed by atoms with Gasteiger partial charge < -0.3 is 15.3 Å². The van der Waals surface area contributed by atoms with Gasteiger partial charge in [-0.3, -0.25) is 4.79 Å². The van der Waals surface area contributed by atoms with E-state index in [0.717, 1.165) is 23.4 Å². The van der Waals surface area contributed by atoms with Gasteiger partial charge in [0.05, 0.1) is 22.0 Å². The number of nitrogens with zero attached hydrogens (tertiary/aromatic N) is 2. The average Bonchev–Trinajstić information content (AvgIpc) is 3.07. The van der Waals surface area contributed by atoms with Gasteiger partial charge in [0.1, 0.15) is 11.5 Å². The van der Waals surface area contributed by atoms with E-state index in [-0.39, 0.29) is 29.2 Å². The highest BCUT2D eigenvalue weighted by molar-refractivity contribution is 7.15. The molecule has 168 valence electrons. The second kappa shape index (κ2) is 8.94. The Bertz CT molecular complexity index is 952. The van der Waals surface area contributed by atoms with Crippen LogP contribution >= 0.6 is 11.3 Å². The van der Waals surface area contributed by atoms with E-state index in [1.165, 1.54) is 23.5 Å². The van der Waals surface area contributed by atoms with Crippen LogP contribution in [0.5, 0.6) is 0 Å². The van der Waals surface area contributed by atoms with Crippen molar-refractivity contribution >= 4 is 23.3 Å². The van der Waals surface area contributed by atoms with Crippen LogP contribution in [-0.2, 0) is 0 Å². The molecule has 0 bridgehead atoms. The number of amides is 2. The minimum atomic E-state index is -1.10. The number of carbonyl (C=O) groups is 2. The molecule has 0 radical (unpaired) electrons. The highest BCUT2D eigenvalue weighted by atomic mass is 32.1. The lowest BCUT2D eigenvalue weighted by atomic mass is 9.77. The van der Waals surface area contributed by atoms with E-state index >= 15 is 0 Å². The lowest BCUT2D eigenvalue weighted by Crippen LogP contribution is -2.62. The Kier molecular flexibility index (Phi) is 6.69. The lowest BCUT2D eigenvalue weighted by molar-refractivity contribution is 0.0264. The number of aromatic nitrogens is 1. The molecule has 31 heavy (non-hydrogen) atoms. The Balaban J connectivity index is 2.03. The van der Waals surface area contributed by atoms with Crippen LogP contribution in [-0.4, -0.2) is 45.1 Å². The summed E-state index contributed by atoms with van der Waals surface area (Å²) in [5, 5.41) is 12.9. The molecule has 0 saturated carbocycles. The number of piperidine rings is 1. The van der Waals surface area contributed by atoms with E-state index in [9.17, 15) is 19.1 Å². The zero-order chi connectivity index (χ0) is 22.9. The van der Waals surface area contributed by atoms with Gasteiger partial charge in [0.15, 0.2) is 0 Å². The van der Waals surface area contributed by atoms with Crippen LogP contribution in [0.3, 0.4) is 0 Å². The van der Waals surface area contributed by atoms with Crippen LogP contribution in [0.25, 0.3) is 10.4 Å². The topological polar surface area (TPSA) is 82.5 Å². The number of hydrogen-bond acceptors (Lipinski definition) is 4. The molecule has 3 atom stereocenters. The van der Waals surface area contributed by atoms with Gasteiger partial charge in [-0.25, -0.2) is 14.2 Å². The third-order valence-corrected chi connectivity index (χ3v) is 6.85. The summed E-state index contributed by atoms with van der Waals surface area (Å²) in [7, 11) is 0. The molecule has 8 heteroatoms. The van der Waals surface area contributed by atoms with Gasteiger partial charge in [0.25, 0.3) is 5.91 Å². The van der Waals surface area contributed by atoms with Crippen LogP contribution in [0.2, 0.25) is 0 Å². The Morgan fingerprint density at radius 3 is 2.48 bits per heavy atom. The third kappa shape index (κ3) is 5.06. The first-order valence-electron chi connectivity index (χ1n) is 10.5. The van der Waals surface area contributed by atoms with Crippen molar-refractivity contribution in [3.05, 3.63) is 40.8 Å². The molecule has 1 aliphatic heterocycles. The highest BCUT2D eigenvalue weighted by Crippen LogP contribution is 2.36. The summed E-state index contributed by atoms with van der Waals surface area (Å²) in [6.07, 6.45) is 1.39. The predicted octanol–water partition coefficient (Wildman–Crippen LogP) is 5.32. The molecule has 2 heterocycles. The number of hydrogen-bond donors (Lipinski definition) is 2. The zero-order valence-corrected chi connectivity index (χ0v) is 19.4. The van der Waals surface area contributed by atoms with Gasteiger partial charge in [-0.2, -0.15) is 0 Å². The van der Waals surface area contributed by atoms with Crippen LogP contribution in [0.1, 0.15) is 62.5 Å². The van der Waals surface area contributed by atoms with E-state index in [1.54, 1.807) is 12.1 Å². The lowest BCUT2D eigenvalue weighted by Gasteiger charge is -2.47. The van der Waals surface area contributed by atoms with Crippen molar-refractivity contribution in [2.75, 3.05) is 0 Å². The Hall–Kier alpha value is -2.48. The molecule has 1 aromatic heterocycles. The number of benzene rings is 1. The van der Waals surface area contributed by atoms with Crippen molar-refractivity contribution in [1.82, 2.24) is 15.2 Å². The maximum absolute atomic E-state index is 13.8. The number of halogens is 1. The minimum absolute atomic E-state index is 0.0465. The van der Waals surface area contributed by atoms with Gasteiger partial charge in [-0.15, -0.1) is 11.3 Å². The molecular formula is C23H30FN3O3S. The number of thiazole rings is 1. The van der Waals surface area contributed by atoms with E-state index in [1.807, 2.05) is 39.5 Å². The number of carbonyl (C=O) groups excluding carboxylic acids is 1. The number of nitrogens with one attached hydrogen (secondary N) is 1. The molecule has 1 aliphatic rings. The van der Waals surface area contributed by atoms with Crippen LogP contribution in [0, 0.1) is 18.2 Å². The molecule has 0 aliphatic carbocycles. The normalized spacial score (nSPS) is 20.4. The number of aryl methyl sites for hydroxylation is 1.